The zero-order chi connectivity index (χ0) is 19.9. The first-order valence-electron chi connectivity index (χ1n) is 9.54. The van der Waals surface area contributed by atoms with Crippen molar-refractivity contribution >= 4 is 0 Å². The van der Waals surface area contributed by atoms with Crippen molar-refractivity contribution in [2.24, 2.45) is 0 Å². The van der Waals surface area contributed by atoms with Gasteiger partial charge >= 0.3 is 0 Å². The Labute approximate surface area is 166 Å². The first kappa shape index (κ1) is 20.0. The Morgan fingerprint density at radius 1 is 1.00 bits per heavy atom. The Kier molecular flexibility index (Phi) is 6.71. The quantitative estimate of drug-likeness (QED) is 0.553. The molecule has 1 N–H and O–H groups in total. The van der Waals surface area contributed by atoms with E-state index in [1.54, 1.807) is 7.11 Å². The molecule has 0 saturated heterocycles. The largest absolute Gasteiger partial charge is 0.493 e. The van der Waals surface area contributed by atoms with Crippen molar-refractivity contribution in [3.05, 3.63) is 76.2 Å². The van der Waals surface area contributed by atoms with Gasteiger partial charge in [-0.1, -0.05) is 41.1 Å². The van der Waals surface area contributed by atoms with Gasteiger partial charge in [-0.15, -0.1) is 0 Å². The number of rotatable bonds is 9. The van der Waals surface area contributed by atoms with Crippen molar-refractivity contribution in [1.82, 2.24) is 10.5 Å². The van der Waals surface area contributed by atoms with E-state index >= 15 is 0 Å². The number of nitrogens with zero attached hydrogens (tertiary/aromatic N) is 1. The summed E-state index contributed by atoms with van der Waals surface area (Å²) in [6, 6.07) is 14.7. The van der Waals surface area contributed by atoms with Crippen molar-refractivity contribution in [2.75, 3.05) is 13.7 Å². The van der Waals surface area contributed by atoms with Crippen LogP contribution in [0, 0.1) is 20.8 Å². The third-order valence-electron chi connectivity index (χ3n) is 4.78. The van der Waals surface area contributed by atoms with E-state index < -0.39 is 0 Å². The van der Waals surface area contributed by atoms with E-state index in [4.69, 9.17) is 14.0 Å². The van der Waals surface area contributed by atoms with Crippen molar-refractivity contribution in [3.8, 4) is 11.5 Å². The van der Waals surface area contributed by atoms with Gasteiger partial charge in [0.1, 0.15) is 12.4 Å². The number of nitrogens with one attached hydrogen (secondary N) is 1. The van der Waals surface area contributed by atoms with Crippen molar-refractivity contribution < 1.29 is 14.0 Å². The summed E-state index contributed by atoms with van der Waals surface area (Å²) in [5.74, 6) is 2.22. The predicted octanol–water partition coefficient (Wildman–Crippen LogP) is 4.52. The van der Waals surface area contributed by atoms with Crippen LogP contribution in [0.5, 0.6) is 11.5 Å². The monoisotopic (exact) mass is 380 g/mol. The molecule has 0 aliphatic carbocycles. The molecule has 0 fully saturated rings. The van der Waals surface area contributed by atoms with Gasteiger partial charge in [0.05, 0.1) is 18.4 Å². The van der Waals surface area contributed by atoms with Crippen LogP contribution in [0.4, 0.5) is 0 Å². The fraction of sp³-hybridized carbons (Fsp3) is 0.348. The molecule has 0 atom stereocenters. The van der Waals surface area contributed by atoms with E-state index in [0.29, 0.717) is 12.4 Å². The average Bonchev–Trinajstić information content (AvgIpc) is 3.01. The molecule has 0 radical (unpaired) electrons. The zero-order valence-corrected chi connectivity index (χ0v) is 17.0. The van der Waals surface area contributed by atoms with Crippen molar-refractivity contribution in [3.63, 3.8) is 0 Å². The molecule has 0 bridgehead atoms. The maximum absolute atomic E-state index is 5.94. The molecule has 0 aliphatic heterocycles. The van der Waals surface area contributed by atoms with Crippen LogP contribution in [0.3, 0.4) is 0 Å². The Morgan fingerprint density at radius 3 is 2.57 bits per heavy atom. The maximum atomic E-state index is 5.94. The smallest absolute Gasteiger partial charge is 0.161 e. The lowest BCUT2D eigenvalue weighted by atomic mass is 10.1. The van der Waals surface area contributed by atoms with E-state index in [0.717, 1.165) is 47.8 Å². The van der Waals surface area contributed by atoms with Gasteiger partial charge in [-0.2, -0.15) is 0 Å². The van der Waals surface area contributed by atoms with Crippen LogP contribution in [0.2, 0.25) is 0 Å². The highest BCUT2D eigenvalue weighted by atomic mass is 16.5. The lowest BCUT2D eigenvalue weighted by Crippen LogP contribution is -2.16. The molecule has 148 valence electrons. The zero-order valence-electron chi connectivity index (χ0n) is 17.0. The van der Waals surface area contributed by atoms with Crippen LogP contribution in [0.15, 0.2) is 47.0 Å². The van der Waals surface area contributed by atoms with Crippen LogP contribution in [0.1, 0.15) is 33.7 Å². The highest BCUT2D eigenvalue weighted by Crippen LogP contribution is 2.29. The van der Waals surface area contributed by atoms with Gasteiger partial charge in [0, 0.05) is 6.54 Å². The van der Waals surface area contributed by atoms with E-state index in [1.807, 2.05) is 26.0 Å². The van der Waals surface area contributed by atoms with Crippen LogP contribution < -0.4 is 14.8 Å². The SMILES string of the molecule is COc1cc(CNCCc2cccc(C)c2)ccc1OCc1c(C)noc1C. The summed E-state index contributed by atoms with van der Waals surface area (Å²) in [5, 5.41) is 7.45. The number of hydrogen-bond donors (Lipinski definition) is 1. The third-order valence-corrected chi connectivity index (χ3v) is 4.78. The highest BCUT2D eigenvalue weighted by Gasteiger charge is 2.12. The summed E-state index contributed by atoms with van der Waals surface area (Å²) in [4.78, 5) is 0. The normalized spacial score (nSPS) is 10.9. The summed E-state index contributed by atoms with van der Waals surface area (Å²) in [6.45, 7) is 8.05. The molecule has 0 spiro atoms. The molecule has 0 unspecified atom stereocenters. The molecule has 2 aromatic carbocycles. The number of ether oxygens (including phenoxy) is 2. The maximum Gasteiger partial charge on any atom is 0.161 e. The molecule has 1 heterocycles. The van der Waals surface area contributed by atoms with Crippen LogP contribution in [0.25, 0.3) is 0 Å². The molecule has 0 aliphatic rings. The number of hydrogen-bond acceptors (Lipinski definition) is 5. The Balaban J connectivity index is 1.53. The van der Waals surface area contributed by atoms with Crippen molar-refractivity contribution in [1.29, 1.82) is 0 Å². The minimum absolute atomic E-state index is 0.408. The number of benzene rings is 2. The van der Waals surface area contributed by atoms with Gasteiger partial charge in [-0.05, 0) is 57.0 Å². The molecule has 28 heavy (non-hydrogen) atoms. The standard InChI is InChI=1S/C23H28N2O3/c1-16-6-5-7-19(12-16)10-11-24-14-20-8-9-22(23(13-20)26-4)27-15-21-17(2)25-28-18(21)3/h5-9,12-13,24H,10-11,14-15H2,1-4H3. The summed E-state index contributed by atoms with van der Waals surface area (Å²) in [5.41, 5.74) is 5.64. The van der Waals surface area contributed by atoms with Gasteiger partial charge in [0.15, 0.2) is 11.5 Å². The summed E-state index contributed by atoms with van der Waals surface area (Å²) >= 11 is 0. The number of aromatic nitrogens is 1. The van der Waals surface area contributed by atoms with E-state index in [-0.39, 0.29) is 0 Å². The number of aryl methyl sites for hydroxylation is 3. The lowest BCUT2D eigenvalue weighted by Gasteiger charge is -2.13. The van der Waals surface area contributed by atoms with Gasteiger partial charge in [-0.3, -0.25) is 0 Å². The Hall–Kier alpha value is -2.79. The fourth-order valence-corrected chi connectivity index (χ4v) is 3.13. The van der Waals surface area contributed by atoms with Crippen LogP contribution in [-0.2, 0) is 19.6 Å². The molecular weight excluding hydrogens is 352 g/mol. The Bertz CT molecular complexity index is 898. The van der Waals surface area contributed by atoms with Crippen LogP contribution in [-0.4, -0.2) is 18.8 Å². The molecule has 5 nitrogen and oxygen atoms in total. The fourth-order valence-electron chi connectivity index (χ4n) is 3.13. The molecular formula is C23H28N2O3. The van der Waals surface area contributed by atoms with Gasteiger partial charge in [0.25, 0.3) is 0 Å². The van der Waals surface area contributed by atoms with E-state index in [9.17, 15) is 0 Å². The highest BCUT2D eigenvalue weighted by molar-refractivity contribution is 5.43. The molecule has 3 rings (SSSR count). The molecule has 1 aromatic heterocycles. The molecule has 0 amide bonds. The first-order chi connectivity index (χ1) is 13.6. The second kappa shape index (κ2) is 9.42. The molecule has 3 aromatic rings. The van der Waals surface area contributed by atoms with Crippen LogP contribution >= 0.6 is 0 Å². The van der Waals surface area contributed by atoms with Gasteiger partial charge < -0.3 is 19.3 Å². The molecule has 5 heteroatoms. The van der Waals surface area contributed by atoms with Gasteiger partial charge in [-0.25, -0.2) is 0 Å². The van der Waals surface area contributed by atoms with E-state index in [2.05, 4.69) is 47.7 Å². The van der Waals surface area contributed by atoms with Gasteiger partial charge in [0.2, 0.25) is 0 Å². The summed E-state index contributed by atoms with van der Waals surface area (Å²) < 4.78 is 16.6. The first-order valence-corrected chi connectivity index (χ1v) is 9.54. The minimum atomic E-state index is 0.408. The lowest BCUT2D eigenvalue weighted by molar-refractivity contribution is 0.281. The summed E-state index contributed by atoms with van der Waals surface area (Å²) in [7, 11) is 1.66. The predicted molar refractivity (Wildman–Crippen MR) is 110 cm³/mol. The Morgan fingerprint density at radius 2 is 1.86 bits per heavy atom. The second-order valence-electron chi connectivity index (χ2n) is 6.99. The minimum Gasteiger partial charge on any atom is -0.493 e. The molecule has 0 saturated carbocycles. The third kappa shape index (κ3) is 5.14. The second-order valence-corrected chi connectivity index (χ2v) is 6.99. The number of methoxy groups -OCH3 is 1. The van der Waals surface area contributed by atoms with E-state index in [1.165, 1.54) is 11.1 Å². The summed E-state index contributed by atoms with van der Waals surface area (Å²) in [6.07, 6.45) is 1.01. The van der Waals surface area contributed by atoms with Crippen molar-refractivity contribution in [2.45, 2.75) is 40.3 Å². The average molecular weight is 380 g/mol. The topological polar surface area (TPSA) is 56.5 Å².